The predicted octanol–water partition coefficient (Wildman–Crippen LogP) is 3.34. The lowest BCUT2D eigenvalue weighted by atomic mass is 9.86. The van der Waals surface area contributed by atoms with Crippen LogP contribution in [0.1, 0.15) is 31.2 Å². The van der Waals surface area contributed by atoms with Crippen LogP contribution in [0, 0.1) is 17.2 Å². The number of fused-ring (bicyclic) bond motifs is 1. The van der Waals surface area contributed by atoms with Gasteiger partial charge in [-0.1, -0.05) is 6.07 Å². The van der Waals surface area contributed by atoms with Crippen LogP contribution >= 0.6 is 0 Å². The molecule has 1 aromatic heterocycles. The second-order valence-electron chi connectivity index (χ2n) is 5.70. The van der Waals surface area contributed by atoms with Crippen LogP contribution in [-0.2, 0) is 6.54 Å². The van der Waals surface area contributed by atoms with Crippen LogP contribution in [0.3, 0.4) is 0 Å². The molecule has 1 aliphatic carbocycles. The second kappa shape index (κ2) is 5.64. The van der Waals surface area contributed by atoms with E-state index in [1.807, 2.05) is 6.07 Å². The number of oxazole rings is 1. The van der Waals surface area contributed by atoms with Crippen molar-refractivity contribution >= 4 is 11.1 Å². The zero-order valence-electron chi connectivity index (χ0n) is 11.7. The molecule has 3 rings (SSSR count). The summed E-state index contributed by atoms with van der Waals surface area (Å²) >= 11 is 0. The average molecular weight is 269 g/mol. The molecule has 20 heavy (non-hydrogen) atoms. The van der Waals surface area contributed by atoms with Crippen LogP contribution in [-0.4, -0.2) is 23.0 Å². The number of hydrogen-bond acceptors (Lipinski definition) is 4. The molecular formula is C16H19N3O. The summed E-state index contributed by atoms with van der Waals surface area (Å²) in [5, 5.41) is 8.95. The molecular weight excluding hydrogens is 250 g/mol. The van der Waals surface area contributed by atoms with Crippen molar-refractivity contribution in [2.24, 2.45) is 5.92 Å². The Morgan fingerprint density at radius 2 is 2.15 bits per heavy atom. The summed E-state index contributed by atoms with van der Waals surface area (Å²) in [6.45, 7) is 0.915. The quantitative estimate of drug-likeness (QED) is 0.857. The first-order valence-electron chi connectivity index (χ1n) is 7.18. The number of nitriles is 1. The van der Waals surface area contributed by atoms with E-state index in [-0.39, 0.29) is 5.92 Å². The maximum Gasteiger partial charge on any atom is 0.181 e. The second-order valence-corrected chi connectivity index (χ2v) is 5.70. The minimum atomic E-state index is 0.269. The third-order valence-electron chi connectivity index (χ3n) is 4.33. The lowest BCUT2D eigenvalue weighted by Gasteiger charge is -2.32. The first kappa shape index (κ1) is 13.1. The van der Waals surface area contributed by atoms with Crippen molar-refractivity contribution in [3.05, 3.63) is 30.2 Å². The zero-order chi connectivity index (χ0) is 13.9. The van der Waals surface area contributed by atoms with Gasteiger partial charge in [0.05, 0.1) is 6.07 Å². The Morgan fingerprint density at radius 3 is 2.90 bits per heavy atom. The maximum absolute atomic E-state index is 8.95. The van der Waals surface area contributed by atoms with Gasteiger partial charge in [-0.05, 0) is 50.4 Å². The number of rotatable bonds is 3. The maximum atomic E-state index is 8.95. The Balaban J connectivity index is 1.63. The van der Waals surface area contributed by atoms with Gasteiger partial charge in [-0.15, -0.1) is 0 Å². The zero-order valence-corrected chi connectivity index (χ0v) is 11.7. The molecule has 0 N–H and O–H groups in total. The van der Waals surface area contributed by atoms with Gasteiger partial charge in [0.2, 0.25) is 0 Å². The highest BCUT2D eigenvalue weighted by molar-refractivity contribution is 5.72. The number of aromatic nitrogens is 1. The summed E-state index contributed by atoms with van der Waals surface area (Å²) in [7, 11) is 2.17. The Kier molecular flexibility index (Phi) is 3.70. The standard InChI is InChI=1S/C16H19N3O/c1-19(14-5-2-12(9-17)3-6-14)10-13-4-7-15-16(8-13)20-11-18-15/h4,7-8,11-12,14H,2-3,5-6,10H2,1H3. The third kappa shape index (κ3) is 2.68. The van der Waals surface area contributed by atoms with E-state index in [0.29, 0.717) is 6.04 Å². The molecule has 0 amide bonds. The van der Waals surface area contributed by atoms with Gasteiger partial charge in [-0.2, -0.15) is 5.26 Å². The van der Waals surface area contributed by atoms with E-state index in [9.17, 15) is 0 Å². The van der Waals surface area contributed by atoms with Gasteiger partial charge in [-0.25, -0.2) is 4.98 Å². The summed E-state index contributed by atoms with van der Waals surface area (Å²) in [6.07, 6.45) is 5.80. The van der Waals surface area contributed by atoms with Crippen LogP contribution in [0.25, 0.3) is 11.1 Å². The van der Waals surface area contributed by atoms with Crippen LogP contribution in [0.5, 0.6) is 0 Å². The molecule has 4 heteroatoms. The minimum absolute atomic E-state index is 0.269. The van der Waals surface area contributed by atoms with E-state index >= 15 is 0 Å². The van der Waals surface area contributed by atoms with E-state index in [1.165, 1.54) is 12.0 Å². The van der Waals surface area contributed by atoms with E-state index in [0.717, 1.165) is 43.3 Å². The molecule has 1 fully saturated rings. The van der Waals surface area contributed by atoms with Crippen LogP contribution in [0.2, 0.25) is 0 Å². The fourth-order valence-corrected chi connectivity index (χ4v) is 3.06. The van der Waals surface area contributed by atoms with Crippen molar-refractivity contribution in [3.8, 4) is 6.07 Å². The number of benzene rings is 1. The average Bonchev–Trinajstić information content (AvgIpc) is 2.95. The van der Waals surface area contributed by atoms with Crippen molar-refractivity contribution < 1.29 is 4.42 Å². The number of nitrogens with zero attached hydrogens (tertiary/aromatic N) is 3. The first-order valence-corrected chi connectivity index (χ1v) is 7.18. The normalized spacial score (nSPS) is 23.1. The molecule has 0 atom stereocenters. The lowest BCUT2D eigenvalue weighted by Crippen LogP contribution is -2.34. The van der Waals surface area contributed by atoms with E-state index < -0.39 is 0 Å². The van der Waals surface area contributed by atoms with E-state index in [2.05, 4.69) is 35.1 Å². The topological polar surface area (TPSA) is 53.1 Å². The van der Waals surface area contributed by atoms with Crippen molar-refractivity contribution in [2.45, 2.75) is 38.3 Å². The Bertz CT molecular complexity index is 620. The van der Waals surface area contributed by atoms with Gasteiger partial charge in [0.1, 0.15) is 5.52 Å². The molecule has 0 radical (unpaired) electrons. The van der Waals surface area contributed by atoms with Crippen molar-refractivity contribution in [1.82, 2.24) is 9.88 Å². The molecule has 1 aliphatic rings. The molecule has 2 aromatic rings. The fourth-order valence-electron chi connectivity index (χ4n) is 3.06. The van der Waals surface area contributed by atoms with Gasteiger partial charge >= 0.3 is 0 Å². The Morgan fingerprint density at radius 1 is 1.35 bits per heavy atom. The third-order valence-corrected chi connectivity index (χ3v) is 4.33. The van der Waals surface area contributed by atoms with Gasteiger partial charge in [0.15, 0.2) is 12.0 Å². The Labute approximate surface area is 119 Å². The molecule has 0 aliphatic heterocycles. The molecule has 0 spiro atoms. The highest BCUT2D eigenvalue weighted by atomic mass is 16.3. The fraction of sp³-hybridized carbons (Fsp3) is 0.500. The summed E-state index contributed by atoms with van der Waals surface area (Å²) in [4.78, 5) is 6.53. The first-order chi connectivity index (χ1) is 9.76. The summed E-state index contributed by atoms with van der Waals surface area (Å²) in [6, 6.07) is 9.17. The molecule has 1 saturated carbocycles. The molecule has 104 valence electrons. The van der Waals surface area contributed by atoms with Crippen molar-refractivity contribution in [3.63, 3.8) is 0 Å². The van der Waals surface area contributed by atoms with E-state index in [4.69, 9.17) is 9.68 Å². The molecule has 4 nitrogen and oxygen atoms in total. The minimum Gasteiger partial charge on any atom is -0.443 e. The van der Waals surface area contributed by atoms with Crippen LogP contribution in [0.4, 0.5) is 0 Å². The Hall–Kier alpha value is -1.86. The van der Waals surface area contributed by atoms with Gasteiger partial charge < -0.3 is 4.42 Å². The SMILES string of the molecule is CN(Cc1ccc2ncoc2c1)C1CCC(C#N)CC1. The highest BCUT2D eigenvalue weighted by Gasteiger charge is 2.23. The van der Waals surface area contributed by atoms with Crippen LogP contribution < -0.4 is 0 Å². The molecule has 0 saturated heterocycles. The van der Waals surface area contributed by atoms with E-state index in [1.54, 1.807) is 0 Å². The van der Waals surface area contributed by atoms with Crippen LogP contribution in [0.15, 0.2) is 29.0 Å². The van der Waals surface area contributed by atoms with Gasteiger partial charge in [0, 0.05) is 18.5 Å². The molecule has 1 heterocycles. The lowest BCUT2D eigenvalue weighted by molar-refractivity contribution is 0.171. The summed E-state index contributed by atoms with van der Waals surface area (Å²) in [5.74, 6) is 0.269. The van der Waals surface area contributed by atoms with Crippen molar-refractivity contribution in [2.75, 3.05) is 7.05 Å². The highest BCUT2D eigenvalue weighted by Crippen LogP contribution is 2.27. The predicted molar refractivity (Wildman–Crippen MR) is 76.8 cm³/mol. The smallest absolute Gasteiger partial charge is 0.181 e. The number of hydrogen-bond donors (Lipinski definition) is 0. The van der Waals surface area contributed by atoms with Crippen molar-refractivity contribution in [1.29, 1.82) is 5.26 Å². The van der Waals surface area contributed by atoms with Gasteiger partial charge in [0.25, 0.3) is 0 Å². The summed E-state index contributed by atoms with van der Waals surface area (Å²) < 4.78 is 5.35. The monoisotopic (exact) mass is 269 g/mol. The molecule has 1 aromatic carbocycles. The molecule has 0 unspecified atom stereocenters. The summed E-state index contributed by atoms with van der Waals surface area (Å²) in [5.41, 5.74) is 3.01. The molecule has 0 bridgehead atoms. The van der Waals surface area contributed by atoms with Gasteiger partial charge in [-0.3, -0.25) is 4.90 Å². The largest absolute Gasteiger partial charge is 0.443 e.